The molecule has 0 unspecified atom stereocenters. The van der Waals surface area contributed by atoms with E-state index in [-0.39, 0.29) is 5.56 Å². The molecule has 0 aliphatic heterocycles. The number of aromatic carboxylic acids is 1. The number of anilines is 1. The first-order valence-corrected chi connectivity index (χ1v) is 5.96. The Morgan fingerprint density at radius 2 is 2.28 bits per heavy atom. The smallest absolute Gasteiger partial charge is 0.335 e. The number of hydrogen-bond acceptors (Lipinski definition) is 4. The average Bonchev–Trinajstić information content (AvgIpc) is 2.71. The summed E-state index contributed by atoms with van der Waals surface area (Å²) in [4.78, 5) is 10.9. The van der Waals surface area contributed by atoms with Gasteiger partial charge in [0.2, 0.25) is 0 Å². The number of aryl methyl sites for hydroxylation is 1. The standard InChI is InChI=1S/C11H11BrN4O2/c1-16-6-14-15-10(16)5-13-9-3-7(11(17)18)2-8(12)4-9/h2-4,6,13H,5H2,1H3,(H,17,18). The zero-order valence-electron chi connectivity index (χ0n) is 9.59. The van der Waals surface area contributed by atoms with E-state index in [1.807, 2.05) is 13.1 Å². The van der Waals surface area contributed by atoms with Crippen molar-refractivity contribution >= 4 is 27.6 Å². The van der Waals surface area contributed by atoms with Gasteiger partial charge < -0.3 is 15.0 Å². The van der Waals surface area contributed by atoms with Crippen LogP contribution < -0.4 is 5.32 Å². The molecule has 1 heterocycles. The van der Waals surface area contributed by atoms with Crippen molar-refractivity contribution in [1.29, 1.82) is 0 Å². The summed E-state index contributed by atoms with van der Waals surface area (Å²) >= 11 is 3.28. The molecule has 0 spiro atoms. The SMILES string of the molecule is Cn1cnnc1CNc1cc(Br)cc(C(=O)O)c1. The van der Waals surface area contributed by atoms with E-state index in [9.17, 15) is 4.79 Å². The van der Waals surface area contributed by atoms with E-state index in [0.717, 1.165) is 5.82 Å². The maximum atomic E-state index is 10.9. The minimum Gasteiger partial charge on any atom is -0.478 e. The number of carboxylic acid groups (broad SMARTS) is 1. The van der Waals surface area contributed by atoms with Crippen LogP contribution in [-0.4, -0.2) is 25.8 Å². The summed E-state index contributed by atoms with van der Waals surface area (Å²) in [5.74, 6) is -0.190. The Kier molecular flexibility index (Phi) is 3.61. The van der Waals surface area contributed by atoms with Gasteiger partial charge in [-0.15, -0.1) is 10.2 Å². The maximum Gasteiger partial charge on any atom is 0.335 e. The van der Waals surface area contributed by atoms with Crippen molar-refractivity contribution in [1.82, 2.24) is 14.8 Å². The second kappa shape index (κ2) is 5.18. The molecule has 18 heavy (non-hydrogen) atoms. The quantitative estimate of drug-likeness (QED) is 0.901. The fourth-order valence-electron chi connectivity index (χ4n) is 1.46. The number of nitrogens with zero attached hydrogens (tertiary/aromatic N) is 3. The Balaban J connectivity index is 2.14. The molecule has 94 valence electrons. The van der Waals surface area contributed by atoms with Gasteiger partial charge in [0.05, 0.1) is 12.1 Å². The van der Waals surface area contributed by atoms with Crippen molar-refractivity contribution in [2.75, 3.05) is 5.32 Å². The van der Waals surface area contributed by atoms with Gasteiger partial charge in [-0.1, -0.05) is 15.9 Å². The highest BCUT2D eigenvalue weighted by Gasteiger charge is 2.07. The van der Waals surface area contributed by atoms with Gasteiger partial charge in [-0.2, -0.15) is 0 Å². The van der Waals surface area contributed by atoms with Crippen LogP contribution in [0.2, 0.25) is 0 Å². The van der Waals surface area contributed by atoms with E-state index in [2.05, 4.69) is 31.4 Å². The lowest BCUT2D eigenvalue weighted by Crippen LogP contribution is -2.06. The van der Waals surface area contributed by atoms with Gasteiger partial charge in [0.15, 0.2) is 5.82 Å². The number of rotatable bonds is 4. The van der Waals surface area contributed by atoms with Gasteiger partial charge >= 0.3 is 5.97 Å². The van der Waals surface area contributed by atoms with Crippen molar-refractivity contribution < 1.29 is 9.90 Å². The van der Waals surface area contributed by atoms with Gasteiger partial charge in [0.1, 0.15) is 6.33 Å². The maximum absolute atomic E-state index is 10.9. The first-order chi connectivity index (χ1) is 8.56. The van der Waals surface area contributed by atoms with Crippen molar-refractivity contribution in [2.24, 2.45) is 7.05 Å². The summed E-state index contributed by atoms with van der Waals surface area (Å²) in [7, 11) is 1.85. The van der Waals surface area contributed by atoms with E-state index in [4.69, 9.17) is 5.11 Å². The fourth-order valence-corrected chi connectivity index (χ4v) is 1.96. The summed E-state index contributed by atoms with van der Waals surface area (Å²) < 4.78 is 2.51. The summed E-state index contributed by atoms with van der Waals surface area (Å²) in [5.41, 5.74) is 0.939. The average molecular weight is 311 g/mol. The lowest BCUT2D eigenvalue weighted by atomic mass is 10.2. The first-order valence-electron chi connectivity index (χ1n) is 5.17. The Labute approximate surface area is 112 Å². The van der Waals surface area contributed by atoms with Crippen LogP contribution in [0.1, 0.15) is 16.2 Å². The molecule has 2 N–H and O–H groups in total. The van der Waals surface area contributed by atoms with Gasteiger partial charge in [-0.25, -0.2) is 4.79 Å². The zero-order valence-corrected chi connectivity index (χ0v) is 11.2. The van der Waals surface area contributed by atoms with Crippen LogP contribution in [0.25, 0.3) is 0 Å². The Morgan fingerprint density at radius 3 is 2.89 bits per heavy atom. The molecular weight excluding hydrogens is 300 g/mol. The molecule has 0 amide bonds. The van der Waals surface area contributed by atoms with Gasteiger partial charge in [0.25, 0.3) is 0 Å². The number of halogens is 1. The van der Waals surface area contributed by atoms with Crippen LogP contribution in [0.5, 0.6) is 0 Å². The van der Waals surface area contributed by atoms with Crippen LogP contribution in [0, 0.1) is 0 Å². The van der Waals surface area contributed by atoms with Crippen molar-refractivity contribution in [3.8, 4) is 0 Å². The molecule has 0 fully saturated rings. The lowest BCUT2D eigenvalue weighted by molar-refractivity contribution is 0.0697. The predicted molar refractivity (Wildman–Crippen MR) is 69.4 cm³/mol. The van der Waals surface area contributed by atoms with Crippen LogP contribution in [0.3, 0.4) is 0 Å². The molecule has 0 saturated heterocycles. The van der Waals surface area contributed by atoms with Crippen LogP contribution >= 0.6 is 15.9 Å². The summed E-state index contributed by atoms with van der Waals surface area (Å²) in [6, 6.07) is 4.93. The monoisotopic (exact) mass is 310 g/mol. The second-order valence-corrected chi connectivity index (χ2v) is 4.66. The molecule has 7 heteroatoms. The number of aromatic nitrogens is 3. The Hall–Kier alpha value is -1.89. The molecule has 0 radical (unpaired) electrons. The second-order valence-electron chi connectivity index (χ2n) is 3.75. The molecule has 1 aromatic heterocycles. The molecule has 6 nitrogen and oxygen atoms in total. The molecule has 0 aliphatic rings. The first kappa shape index (κ1) is 12.6. The van der Waals surface area contributed by atoms with E-state index < -0.39 is 5.97 Å². The van der Waals surface area contributed by atoms with E-state index >= 15 is 0 Å². The minimum absolute atomic E-state index is 0.227. The number of nitrogens with one attached hydrogen (secondary N) is 1. The van der Waals surface area contributed by atoms with Crippen molar-refractivity contribution in [3.63, 3.8) is 0 Å². The molecule has 2 aromatic rings. The fraction of sp³-hybridized carbons (Fsp3) is 0.182. The Bertz CT molecular complexity index is 582. The number of carboxylic acids is 1. The van der Waals surface area contributed by atoms with Crippen LogP contribution in [0.15, 0.2) is 29.0 Å². The van der Waals surface area contributed by atoms with Crippen molar-refractivity contribution in [2.45, 2.75) is 6.54 Å². The molecule has 0 atom stereocenters. The molecule has 0 aliphatic carbocycles. The highest BCUT2D eigenvalue weighted by atomic mass is 79.9. The largest absolute Gasteiger partial charge is 0.478 e. The molecular formula is C11H11BrN4O2. The third-order valence-electron chi connectivity index (χ3n) is 2.40. The minimum atomic E-state index is -0.960. The van der Waals surface area contributed by atoms with E-state index in [0.29, 0.717) is 16.7 Å². The zero-order chi connectivity index (χ0) is 13.1. The predicted octanol–water partition coefficient (Wildman–Crippen LogP) is 1.89. The summed E-state index contributed by atoms with van der Waals surface area (Å²) in [5, 5.41) is 19.8. The molecule has 0 saturated carbocycles. The Morgan fingerprint density at radius 1 is 1.50 bits per heavy atom. The van der Waals surface area contributed by atoms with Gasteiger partial charge in [-0.3, -0.25) is 0 Å². The lowest BCUT2D eigenvalue weighted by Gasteiger charge is -2.07. The normalized spacial score (nSPS) is 10.3. The topological polar surface area (TPSA) is 80.0 Å². The van der Waals surface area contributed by atoms with Crippen LogP contribution in [0.4, 0.5) is 5.69 Å². The highest BCUT2D eigenvalue weighted by molar-refractivity contribution is 9.10. The summed E-state index contributed by atoms with van der Waals surface area (Å²) in [6.07, 6.45) is 1.61. The molecule has 2 rings (SSSR count). The van der Waals surface area contributed by atoms with Gasteiger partial charge in [-0.05, 0) is 18.2 Å². The van der Waals surface area contributed by atoms with E-state index in [1.165, 1.54) is 0 Å². The number of carbonyl (C=O) groups is 1. The number of benzene rings is 1. The van der Waals surface area contributed by atoms with Crippen LogP contribution in [-0.2, 0) is 13.6 Å². The van der Waals surface area contributed by atoms with Gasteiger partial charge in [0, 0.05) is 17.2 Å². The molecule has 1 aromatic carbocycles. The van der Waals surface area contributed by atoms with Crippen molar-refractivity contribution in [3.05, 3.63) is 40.4 Å². The number of hydrogen-bond donors (Lipinski definition) is 2. The molecule has 0 bridgehead atoms. The summed E-state index contributed by atoms with van der Waals surface area (Å²) in [6.45, 7) is 0.478. The third kappa shape index (κ3) is 2.86. The third-order valence-corrected chi connectivity index (χ3v) is 2.86. The highest BCUT2D eigenvalue weighted by Crippen LogP contribution is 2.20. The van der Waals surface area contributed by atoms with E-state index in [1.54, 1.807) is 23.0 Å².